The monoisotopic (exact) mass is 257 g/mol. The van der Waals surface area contributed by atoms with E-state index in [4.69, 9.17) is 0 Å². The van der Waals surface area contributed by atoms with Crippen molar-refractivity contribution in [1.82, 2.24) is 10.2 Å². The summed E-state index contributed by atoms with van der Waals surface area (Å²) >= 11 is 1.87. The molecule has 1 heterocycles. The van der Waals surface area contributed by atoms with Gasteiger partial charge in [0.25, 0.3) is 0 Å². The second-order valence-corrected chi connectivity index (χ2v) is 5.85. The molecule has 17 heavy (non-hydrogen) atoms. The molecule has 0 spiro atoms. The third kappa shape index (κ3) is 5.30. The molecule has 3 nitrogen and oxygen atoms in total. The fraction of sp³-hybridized carbons (Fsp3) is 0.923. The lowest BCUT2D eigenvalue weighted by atomic mass is 10.1. The van der Waals surface area contributed by atoms with Crippen molar-refractivity contribution in [3.63, 3.8) is 0 Å². The molecule has 0 aromatic carbocycles. The van der Waals surface area contributed by atoms with Crippen LogP contribution < -0.4 is 5.32 Å². The Balaban J connectivity index is 2.28. The molecular weight excluding hydrogens is 230 g/mol. The summed E-state index contributed by atoms with van der Waals surface area (Å²) in [7, 11) is 0. The molecule has 1 rings (SSSR count). The van der Waals surface area contributed by atoms with Gasteiger partial charge in [0.1, 0.15) is 0 Å². The Labute approximate surface area is 110 Å². The minimum atomic E-state index is 0.563. The first kappa shape index (κ1) is 14.8. The zero-order chi connectivity index (χ0) is 12.7. The summed E-state index contributed by atoms with van der Waals surface area (Å²) in [6.45, 7) is 13.3. The molecule has 1 aliphatic heterocycles. The second-order valence-electron chi connectivity index (χ2n) is 4.84. The normalized spacial score (nSPS) is 27.5. The average Bonchev–Trinajstić information content (AvgIpc) is 2.32. The molecule has 0 aromatic rings. The van der Waals surface area contributed by atoms with Gasteiger partial charge in [0.2, 0.25) is 0 Å². The van der Waals surface area contributed by atoms with E-state index in [1.165, 1.54) is 18.7 Å². The summed E-state index contributed by atoms with van der Waals surface area (Å²) in [5.74, 6) is 1.94. The lowest BCUT2D eigenvalue weighted by Gasteiger charge is -2.28. The van der Waals surface area contributed by atoms with E-state index in [0.29, 0.717) is 6.04 Å². The fourth-order valence-electron chi connectivity index (χ4n) is 1.86. The lowest BCUT2D eigenvalue weighted by molar-refractivity contribution is 0.297. The Kier molecular flexibility index (Phi) is 6.97. The summed E-state index contributed by atoms with van der Waals surface area (Å²) < 4.78 is 0. The Morgan fingerprint density at radius 1 is 1.35 bits per heavy atom. The zero-order valence-electron chi connectivity index (χ0n) is 11.7. The molecule has 0 saturated carbocycles. The molecule has 0 bridgehead atoms. The minimum Gasteiger partial charge on any atom is -0.362 e. The molecule has 1 aliphatic rings. The quantitative estimate of drug-likeness (QED) is 0.792. The maximum atomic E-state index is 4.66. The van der Waals surface area contributed by atoms with E-state index in [1.807, 2.05) is 11.8 Å². The van der Waals surface area contributed by atoms with Gasteiger partial charge in [-0.3, -0.25) is 4.99 Å². The Morgan fingerprint density at radius 2 is 2.12 bits per heavy atom. The molecule has 4 heteroatoms. The van der Waals surface area contributed by atoms with E-state index in [9.17, 15) is 0 Å². The van der Waals surface area contributed by atoms with Crippen molar-refractivity contribution >= 4 is 16.9 Å². The molecule has 1 fully saturated rings. The molecule has 2 unspecified atom stereocenters. The van der Waals surface area contributed by atoms with Gasteiger partial charge in [0, 0.05) is 18.3 Å². The van der Waals surface area contributed by atoms with Crippen LogP contribution in [0.2, 0.25) is 0 Å². The number of amidine groups is 1. The summed E-state index contributed by atoms with van der Waals surface area (Å²) in [4.78, 5) is 7.13. The molecule has 0 aromatic heterocycles. The highest BCUT2D eigenvalue weighted by atomic mass is 32.2. The largest absolute Gasteiger partial charge is 0.362 e. The number of thioether (sulfide) groups is 1. The van der Waals surface area contributed by atoms with Crippen LogP contribution in [-0.2, 0) is 0 Å². The van der Waals surface area contributed by atoms with Gasteiger partial charge < -0.3 is 10.2 Å². The van der Waals surface area contributed by atoms with Gasteiger partial charge in [-0.25, -0.2) is 0 Å². The molecule has 1 saturated heterocycles. The van der Waals surface area contributed by atoms with E-state index in [-0.39, 0.29) is 0 Å². The standard InChI is InChI=1S/C13H27N3S/c1-5-8-16(6-2)9-7-14-13-15-12(4)11(3)10-17-13/h11-12H,5-10H2,1-4H3,(H,14,15). The summed E-state index contributed by atoms with van der Waals surface area (Å²) in [6, 6.07) is 0.563. The van der Waals surface area contributed by atoms with E-state index < -0.39 is 0 Å². The predicted molar refractivity (Wildman–Crippen MR) is 78.9 cm³/mol. The first-order valence-electron chi connectivity index (χ1n) is 6.83. The van der Waals surface area contributed by atoms with E-state index in [0.717, 1.165) is 30.7 Å². The smallest absolute Gasteiger partial charge is 0.156 e. The number of likely N-dealkylation sites (N-methyl/N-ethyl adjacent to an activating group) is 1. The van der Waals surface area contributed by atoms with Gasteiger partial charge in [-0.05, 0) is 32.4 Å². The number of aliphatic imine (C=N–C) groups is 1. The van der Waals surface area contributed by atoms with Gasteiger partial charge in [0.05, 0.1) is 6.54 Å². The van der Waals surface area contributed by atoms with Gasteiger partial charge in [0.15, 0.2) is 5.17 Å². The van der Waals surface area contributed by atoms with Crippen LogP contribution in [0, 0.1) is 5.92 Å². The Hall–Kier alpha value is -0.220. The van der Waals surface area contributed by atoms with Gasteiger partial charge in [-0.15, -0.1) is 0 Å². The number of hydrogen-bond acceptors (Lipinski definition) is 3. The van der Waals surface area contributed by atoms with Crippen molar-refractivity contribution in [3.8, 4) is 0 Å². The van der Waals surface area contributed by atoms with Crippen molar-refractivity contribution < 1.29 is 0 Å². The van der Waals surface area contributed by atoms with E-state index in [1.54, 1.807) is 0 Å². The molecule has 2 atom stereocenters. The molecule has 0 amide bonds. The molecule has 0 radical (unpaired) electrons. The summed E-state index contributed by atoms with van der Waals surface area (Å²) in [6.07, 6.45) is 1.23. The predicted octanol–water partition coefficient (Wildman–Crippen LogP) is 2.44. The summed E-state index contributed by atoms with van der Waals surface area (Å²) in [5, 5.41) is 4.63. The van der Waals surface area contributed by atoms with Crippen LogP contribution in [0.1, 0.15) is 34.1 Å². The first-order valence-corrected chi connectivity index (χ1v) is 7.82. The van der Waals surface area contributed by atoms with Crippen LogP contribution in [0.4, 0.5) is 0 Å². The highest BCUT2D eigenvalue weighted by molar-refractivity contribution is 8.13. The van der Waals surface area contributed by atoms with Crippen LogP contribution in [0.15, 0.2) is 4.99 Å². The molecular formula is C13H27N3S. The van der Waals surface area contributed by atoms with Crippen LogP contribution >= 0.6 is 11.8 Å². The topological polar surface area (TPSA) is 27.6 Å². The van der Waals surface area contributed by atoms with Crippen LogP contribution in [-0.4, -0.2) is 48.0 Å². The first-order chi connectivity index (χ1) is 8.17. The number of rotatable bonds is 6. The Morgan fingerprint density at radius 3 is 2.71 bits per heavy atom. The third-order valence-electron chi connectivity index (χ3n) is 3.35. The Bertz CT molecular complexity index is 243. The zero-order valence-corrected chi connectivity index (χ0v) is 12.5. The molecule has 1 N–H and O–H groups in total. The van der Waals surface area contributed by atoms with Crippen molar-refractivity contribution in [3.05, 3.63) is 0 Å². The lowest BCUT2D eigenvalue weighted by Crippen LogP contribution is -2.41. The van der Waals surface area contributed by atoms with E-state index in [2.05, 4.69) is 42.9 Å². The number of nitrogens with zero attached hydrogens (tertiary/aromatic N) is 2. The van der Waals surface area contributed by atoms with Crippen molar-refractivity contribution in [2.75, 3.05) is 31.9 Å². The fourth-order valence-corrected chi connectivity index (χ4v) is 3.02. The van der Waals surface area contributed by atoms with Gasteiger partial charge in [-0.2, -0.15) is 0 Å². The number of hydrogen-bond donors (Lipinski definition) is 1. The van der Waals surface area contributed by atoms with Crippen LogP contribution in [0.3, 0.4) is 0 Å². The van der Waals surface area contributed by atoms with Crippen molar-refractivity contribution in [2.24, 2.45) is 10.9 Å². The van der Waals surface area contributed by atoms with E-state index >= 15 is 0 Å². The molecule has 100 valence electrons. The van der Waals surface area contributed by atoms with Crippen molar-refractivity contribution in [1.29, 1.82) is 0 Å². The second kappa shape index (κ2) is 7.98. The SMILES string of the molecule is CCCN(CC)CCN=C1NC(C)C(C)CS1. The maximum Gasteiger partial charge on any atom is 0.156 e. The molecule has 0 aliphatic carbocycles. The maximum absolute atomic E-state index is 4.66. The number of nitrogens with one attached hydrogen (secondary N) is 1. The van der Waals surface area contributed by atoms with Gasteiger partial charge >= 0.3 is 0 Å². The van der Waals surface area contributed by atoms with Crippen LogP contribution in [0.25, 0.3) is 0 Å². The van der Waals surface area contributed by atoms with Crippen LogP contribution in [0.5, 0.6) is 0 Å². The van der Waals surface area contributed by atoms with Gasteiger partial charge in [-0.1, -0.05) is 32.5 Å². The highest BCUT2D eigenvalue weighted by Gasteiger charge is 2.20. The van der Waals surface area contributed by atoms with Crippen molar-refractivity contribution in [2.45, 2.75) is 40.2 Å². The minimum absolute atomic E-state index is 0.563. The summed E-state index contributed by atoms with van der Waals surface area (Å²) in [5.41, 5.74) is 0. The highest BCUT2D eigenvalue weighted by Crippen LogP contribution is 2.19. The average molecular weight is 257 g/mol. The third-order valence-corrected chi connectivity index (χ3v) is 4.56.